The van der Waals surface area contributed by atoms with Crippen molar-refractivity contribution in [1.29, 1.82) is 0 Å². The van der Waals surface area contributed by atoms with Gasteiger partial charge in [0, 0.05) is 4.88 Å². The van der Waals surface area contributed by atoms with Gasteiger partial charge in [-0.3, -0.25) is 0 Å². The lowest BCUT2D eigenvalue weighted by atomic mass is 9.84. The molecule has 0 saturated heterocycles. The Hall–Kier alpha value is -0.380. The molecule has 0 aromatic carbocycles. The van der Waals surface area contributed by atoms with E-state index in [-0.39, 0.29) is 11.5 Å². The topological polar surface area (TPSA) is 46.2 Å². The van der Waals surface area contributed by atoms with Crippen molar-refractivity contribution in [1.82, 2.24) is 0 Å². The molecule has 0 fully saturated rings. The fourth-order valence-electron chi connectivity index (χ4n) is 1.18. The molecule has 0 bridgehead atoms. The fraction of sp³-hybridized carbons (Fsp3) is 0.600. The molecule has 0 unspecified atom stereocenters. The molecule has 1 aromatic rings. The Morgan fingerprint density at radius 3 is 2.46 bits per heavy atom. The maximum absolute atomic E-state index is 9.91. The SMILES string of the molecule is CC(C)(C)[C@H](O)[C@H](N)c1cccs1. The van der Waals surface area contributed by atoms with Crippen LogP contribution in [0.2, 0.25) is 0 Å². The van der Waals surface area contributed by atoms with Crippen LogP contribution in [-0.4, -0.2) is 11.2 Å². The van der Waals surface area contributed by atoms with E-state index in [1.165, 1.54) is 0 Å². The third kappa shape index (κ3) is 2.53. The van der Waals surface area contributed by atoms with Gasteiger partial charge >= 0.3 is 0 Å². The van der Waals surface area contributed by atoms with Gasteiger partial charge in [-0.05, 0) is 16.9 Å². The van der Waals surface area contributed by atoms with Gasteiger partial charge in [-0.25, -0.2) is 0 Å². The quantitative estimate of drug-likeness (QED) is 0.766. The van der Waals surface area contributed by atoms with E-state index < -0.39 is 6.10 Å². The summed E-state index contributed by atoms with van der Waals surface area (Å²) >= 11 is 1.59. The second-order valence-electron chi connectivity index (χ2n) is 4.35. The van der Waals surface area contributed by atoms with Gasteiger partial charge in [-0.1, -0.05) is 26.8 Å². The Bertz CT molecular complexity index is 250. The minimum Gasteiger partial charge on any atom is -0.391 e. The van der Waals surface area contributed by atoms with Crippen molar-refractivity contribution in [2.24, 2.45) is 11.1 Å². The zero-order valence-electron chi connectivity index (χ0n) is 8.32. The van der Waals surface area contributed by atoms with Gasteiger partial charge in [0.1, 0.15) is 0 Å². The first-order valence-electron chi connectivity index (χ1n) is 4.40. The molecule has 0 amide bonds. The molecule has 1 heterocycles. The number of rotatable bonds is 2. The Morgan fingerprint density at radius 1 is 1.46 bits per heavy atom. The lowest BCUT2D eigenvalue weighted by molar-refractivity contribution is 0.0410. The molecule has 3 heteroatoms. The summed E-state index contributed by atoms with van der Waals surface area (Å²) in [5.41, 5.74) is 5.77. The fourth-order valence-corrected chi connectivity index (χ4v) is 1.93. The van der Waals surface area contributed by atoms with Crippen molar-refractivity contribution < 1.29 is 5.11 Å². The smallest absolute Gasteiger partial charge is 0.0788 e. The van der Waals surface area contributed by atoms with Gasteiger partial charge in [0.05, 0.1) is 12.1 Å². The first-order chi connectivity index (χ1) is 5.93. The third-order valence-electron chi connectivity index (χ3n) is 2.10. The average molecular weight is 199 g/mol. The van der Waals surface area contributed by atoms with Crippen molar-refractivity contribution in [3.8, 4) is 0 Å². The summed E-state index contributed by atoms with van der Waals surface area (Å²) in [7, 11) is 0. The standard InChI is InChI=1S/C10H17NOS/c1-10(2,3)9(12)8(11)7-5-4-6-13-7/h4-6,8-9,12H,11H2,1-3H3/t8-,9-/m1/s1. The Balaban J connectivity index is 2.74. The van der Waals surface area contributed by atoms with Crippen LogP contribution in [0.15, 0.2) is 17.5 Å². The van der Waals surface area contributed by atoms with Crippen LogP contribution in [0.4, 0.5) is 0 Å². The molecule has 2 nitrogen and oxygen atoms in total. The first-order valence-corrected chi connectivity index (χ1v) is 5.28. The van der Waals surface area contributed by atoms with Crippen LogP contribution < -0.4 is 5.73 Å². The molecule has 0 aliphatic rings. The normalized spacial score (nSPS) is 17.0. The number of hydrogen-bond donors (Lipinski definition) is 2. The number of aliphatic hydroxyl groups is 1. The summed E-state index contributed by atoms with van der Waals surface area (Å²) in [5, 5.41) is 11.9. The number of thiophene rings is 1. The van der Waals surface area contributed by atoms with Gasteiger partial charge in [0.15, 0.2) is 0 Å². The maximum atomic E-state index is 9.91. The zero-order chi connectivity index (χ0) is 10.1. The molecule has 13 heavy (non-hydrogen) atoms. The van der Waals surface area contributed by atoms with Crippen molar-refractivity contribution in [2.75, 3.05) is 0 Å². The van der Waals surface area contributed by atoms with E-state index in [2.05, 4.69) is 0 Å². The molecule has 2 atom stereocenters. The highest BCUT2D eigenvalue weighted by Crippen LogP contribution is 2.30. The number of hydrogen-bond acceptors (Lipinski definition) is 3. The van der Waals surface area contributed by atoms with Crippen LogP contribution in [0, 0.1) is 5.41 Å². The van der Waals surface area contributed by atoms with E-state index in [1.54, 1.807) is 11.3 Å². The predicted molar refractivity (Wildman–Crippen MR) is 56.7 cm³/mol. The second-order valence-corrected chi connectivity index (χ2v) is 5.33. The van der Waals surface area contributed by atoms with Crippen LogP contribution in [0.3, 0.4) is 0 Å². The average Bonchev–Trinajstić information content (AvgIpc) is 2.51. The highest BCUT2D eigenvalue weighted by atomic mass is 32.1. The molecule has 0 aliphatic carbocycles. The summed E-state index contributed by atoms with van der Waals surface area (Å²) < 4.78 is 0. The van der Waals surface area contributed by atoms with Crippen molar-refractivity contribution in [3.63, 3.8) is 0 Å². The van der Waals surface area contributed by atoms with E-state index in [4.69, 9.17) is 5.73 Å². The van der Waals surface area contributed by atoms with Crippen LogP contribution in [-0.2, 0) is 0 Å². The third-order valence-corrected chi connectivity index (χ3v) is 3.07. The highest BCUT2D eigenvalue weighted by molar-refractivity contribution is 7.10. The van der Waals surface area contributed by atoms with Crippen molar-refractivity contribution in [3.05, 3.63) is 22.4 Å². The van der Waals surface area contributed by atoms with Gasteiger partial charge in [-0.2, -0.15) is 0 Å². The van der Waals surface area contributed by atoms with E-state index in [9.17, 15) is 5.11 Å². The minimum absolute atomic E-state index is 0.163. The lowest BCUT2D eigenvalue weighted by Crippen LogP contribution is -2.36. The van der Waals surface area contributed by atoms with E-state index >= 15 is 0 Å². The van der Waals surface area contributed by atoms with Gasteiger partial charge < -0.3 is 10.8 Å². The lowest BCUT2D eigenvalue weighted by Gasteiger charge is -2.30. The monoisotopic (exact) mass is 199 g/mol. The predicted octanol–water partition coefficient (Wildman–Crippen LogP) is 2.15. The van der Waals surface area contributed by atoms with Crippen LogP contribution in [0.5, 0.6) is 0 Å². The number of aliphatic hydroxyl groups excluding tert-OH is 1. The van der Waals surface area contributed by atoms with Crippen LogP contribution in [0.1, 0.15) is 31.7 Å². The summed E-state index contributed by atoms with van der Waals surface area (Å²) in [6.45, 7) is 5.97. The highest BCUT2D eigenvalue weighted by Gasteiger charge is 2.29. The Kier molecular flexibility index (Phi) is 3.11. The van der Waals surface area contributed by atoms with Gasteiger partial charge in [0.25, 0.3) is 0 Å². The van der Waals surface area contributed by atoms with Gasteiger partial charge in [-0.15, -0.1) is 11.3 Å². The molecular weight excluding hydrogens is 182 g/mol. The van der Waals surface area contributed by atoms with Crippen LogP contribution >= 0.6 is 11.3 Å². The summed E-state index contributed by atoms with van der Waals surface area (Å²) in [4.78, 5) is 1.04. The maximum Gasteiger partial charge on any atom is 0.0788 e. The molecular formula is C10H17NOS. The molecule has 1 aromatic heterocycles. The number of nitrogens with two attached hydrogens (primary N) is 1. The van der Waals surface area contributed by atoms with Gasteiger partial charge in [0.2, 0.25) is 0 Å². The largest absolute Gasteiger partial charge is 0.391 e. The first kappa shape index (κ1) is 10.7. The zero-order valence-corrected chi connectivity index (χ0v) is 9.14. The van der Waals surface area contributed by atoms with E-state index in [0.717, 1.165) is 4.88 Å². The van der Waals surface area contributed by atoms with E-state index in [0.29, 0.717) is 0 Å². The van der Waals surface area contributed by atoms with Crippen LogP contribution in [0.25, 0.3) is 0 Å². The molecule has 0 aliphatic heterocycles. The summed E-state index contributed by atoms with van der Waals surface area (Å²) in [6, 6.07) is 3.65. The Labute approximate surface area is 83.4 Å². The van der Waals surface area contributed by atoms with Crippen molar-refractivity contribution >= 4 is 11.3 Å². The molecule has 74 valence electrons. The summed E-state index contributed by atoms with van der Waals surface area (Å²) in [5.74, 6) is 0. The summed E-state index contributed by atoms with van der Waals surface area (Å²) in [6.07, 6.45) is -0.494. The van der Waals surface area contributed by atoms with E-state index in [1.807, 2.05) is 38.3 Å². The minimum atomic E-state index is -0.494. The molecule has 0 spiro atoms. The van der Waals surface area contributed by atoms with Crippen molar-refractivity contribution in [2.45, 2.75) is 32.9 Å². The Morgan fingerprint density at radius 2 is 2.08 bits per heavy atom. The molecule has 0 radical (unpaired) electrons. The molecule has 3 N–H and O–H groups in total. The molecule has 0 saturated carbocycles. The molecule has 1 rings (SSSR count). The second kappa shape index (κ2) is 3.78.